The van der Waals surface area contributed by atoms with Gasteiger partial charge in [0.05, 0.1) is 20.3 Å². The van der Waals surface area contributed by atoms with Gasteiger partial charge in [0.1, 0.15) is 0 Å². The van der Waals surface area contributed by atoms with Crippen LogP contribution in [0.3, 0.4) is 0 Å². The highest BCUT2D eigenvalue weighted by atomic mass is 16.7. The monoisotopic (exact) mass is 330 g/mol. The SMILES string of the molecule is COc1cc([C@H]2C[C@H](O)c3cc4c(cc32)OCO4)cc(OC)c1O. The number of methoxy groups -OCH3 is 2. The molecule has 2 aromatic carbocycles. The summed E-state index contributed by atoms with van der Waals surface area (Å²) in [7, 11) is 2.99. The van der Waals surface area contributed by atoms with Crippen molar-refractivity contribution in [3.63, 3.8) is 0 Å². The molecule has 0 aromatic heterocycles. The molecule has 0 spiro atoms. The van der Waals surface area contributed by atoms with Crippen molar-refractivity contribution in [2.75, 3.05) is 21.0 Å². The standard InChI is InChI=1S/C18H18O6/c1-21-16-3-9(4-17(22-2)18(16)20)10-5-13(19)12-7-15-14(6-11(10)12)23-8-24-15/h3-4,6-7,10,13,19-20H,5,8H2,1-2H3/t10-,13+/m1/s1. The third kappa shape index (κ3) is 2.14. The van der Waals surface area contributed by atoms with Gasteiger partial charge < -0.3 is 29.2 Å². The van der Waals surface area contributed by atoms with E-state index >= 15 is 0 Å². The van der Waals surface area contributed by atoms with Gasteiger partial charge in [-0.3, -0.25) is 0 Å². The quantitative estimate of drug-likeness (QED) is 0.901. The lowest BCUT2D eigenvalue weighted by Gasteiger charge is -2.16. The van der Waals surface area contributed by atoms with Gasteiger partial charge in [-0.1, -0.05) is 0 Å². The van der Waals surface area contributed by atoms with Gasteiger partial charge in [0, 0.05) is 5.92 Å². The summed E-state index contributed by atoms with van der Waals surface area (Å²) in [5.41, 5.74) is 2.73. The number of ether oxygens (including phenoxy) is 4. The van der Waals surface area contributed by atoms with Crippen LogP contribution in [0.1, 0.15) is 35.1 Å². The zero-order valence-electron chi connectivity index (χ0n) is 13.4. The summed E-state index contributed by atoms with van der Waals surface area (Å²) in [4.78, 5) is 0. The van der Waals surface area contributed by atoms with E-state index in [1.807, 2.05) is 12.1 Å². The lowest BCUT2D eigenvalue weighted by molar-refractivity contribution is 0.169. The molecule has 2 atom stereocenters. The fourth-order valence-corrected chi connectivity index (χ4v) is 3.47. The van der Waals surface area contributed by atoms with Crippen molar-refractivity contribution in [2.24, 2.45) is 0 Å². The van der Waals surface area contributed by atoms with Gasteiger partial charge in [0.15, 0.2) is 23.0 Å². The van der Waals surface area contributed by atoms with Crippen LogP contribution in [0.15, 0.2) is 24.3 Å². The second kappa shape index (κ2) is 5.49. The topological polar surface area (TPSA) is 77.4 Å². The van der Waals surface area contributed by atoms with Crippen LogP contribution in [0.25, 0.3) is 0 Å². The molecule has 1 aliphatic heterocycles. The molecule has 126 valence electrons. The summed E-state index contributed by atoms with van der Waals surface area (Å²) in [6.07, 6.45) is -0.0414. The lowest BCUT2D eigenvalue weighted by Crippen LogP contribution is -1.99. The Bertz CT molecular complexity index is 775. The van der Waals surface area contributed by atoms with Crippen molar-refractivity contribution in [1.29, 1.82) is 0 Å². The number of hydrogen-bond acceptors (Lipinski definition) is 6. The summed E-state index contributed by atoms with van der Waals surface area (Å²) in [6, 6.07) is 7.31. The number of phenols is 1. The Morgan fingerprint density at radius 1 is 0.958 bits per heavy atom. The average molecular weight is 330 g/mol. The molecule has 2 N–H and O–H groups in total. The summed E-state index contributed by atoms with van der Waals surface area (Å²) < 4.78 is 21.3. The van der Waals surface area contributed by atoms with Crippen molar-refractivity contribution < 1.29 is 29.2 Å². The molecule has 0 saturated carbocycles. The molecule has 2 aromatic rings. The highest BCUT2D eigenvalue weighted by molar-refractivity contribution is 5.58. The molecular weight excluding hydrogens is 312 g/mol. The second-order valence-electron chi connectivity index (χ2n) is 5.91. The van der Waals surface area contributed by atoms with Crippen LogP contribution in [0.5, 0.6) is 28.7 Å². The van der Waals surface area contributed by atoms with Gasteiger partial charge in [0.25, 0.3) is 0 Å². The molecule has 2 aliphatic rings. The van der Waals surface area contributed by atoms with E-state index in [-0.39, 0.29) is 18.5 Å². The molecule has 6 nitrogen and oxygen atoms in total. The van der Waals surface area contributed by atoms with Crippen LogP contribution in [0.4, 0.5) is 0 Å². The minimum atomic E-state index is -0.578. The van der Waals surface area contributed by atoms with Crippen molar-refractivity contribution in [3.8, 4) is 28.7 Å². The minimum Gasteiger partial charge on any atom is -0.502 e. The van der Waals surface area contributed by atoms with Crippen molar-refractivity contribution in [1.82, 2.24) is 0 Å². The fraction of sp³-hybridized carbons (Fsp3) is 0.333. The van der Waals surface area contributed by atoms with Gasteiger partial charge in [0.2, 0.25) is 12.5 Å². The Labute approximate surface area is 139 Å². The Morgan fingerprint density at radius 3 is 2.12 bits per heavy atom. The Hall–Kier alpha value is -2.60. The first kappa shape index (κ1) is 15.0. The summed E-state index contributed by atoms with van der Waals surface area (Å²) >= 11 is 0. The Kier molecular flexibility index (Phi) is 3.42. The molecule has 0 saturated heterocycles. The first-order valence-electron chi connectivity index (χ1n) is 7.68. The first-order valence-corrected chi connectivity index (χ1v) is 7.68. The molecule has 6 heteroatoms. The van der Waals surface area contributed by atoms with E-state index in [0.717, 1.165) is 16.7 Å². The van der Waals surface area contributed by atoms with Crippen molar-refractivity contribution in [3.05, 3.63) is 41.0 Å². The smallest absolute Gasteiger partial charge is 0.231 e. The highest BCUT2D eigenvalue weighted by Gasteiger charge is 2.34. The maximum Gasteiger partial charge on any atom is 0.231 e. The molecule has 0 unspecified atom stereocenters. The molecule has 4 rings (SSSR count). The molecule has 0 fully saturated rings. The van der Waals surface area contributed by atoms with E-state index in [1.165, 1.54) is 14.2 Å². The van der Waals surface area contributed by atoms with Crippen molar-refractivity contribution >= 4 is 0 Å². The third-order valence-electron chi connectivity index (χ3n) is 4.68. The maximum absolute atomic E-state index is 10.4. The number of benzene rings is 2. The number of aromatic hydroxyl groups is 1. The molecule has 0 amide bonds. The maximum atomic E-state index is 10.4. The number of rotatable bonds is 3. The number of aliphatic hydroxyl groups excluding tert-OH is 1. The van der Waals surface area contributed by atoms with Crippen LogP contribution in [-0.2, 0) is 0 Å². The Balaban J connectivity index is 1.83. The Morgan fingerprint density at radius 2 is 1.54 bits per heavy atom. The van der Waals surface area contributed by atoms with Crippen molar-refractivity contribution in [2.45, 2.75) is 18.4 Å². The fourth-order valence-electron chi connectivity index (χ4n) is 3.47. The molecule has 0 radical (unpaired) electrons. The zero-order valence-corrected chi connectivity index (χ0v) is 13.4. The van der Waals surface area contributed by atoms with E-state index in [1.54, 1.807) is 12.1 Å². The zero-order chi connectivity index (χ0) is 16.8. The summed E-state index contributed by atoms with van der Waals surface area (Å²) in [5.74, 6) is 1.95. The van der Waals surface area contributed by atoms with Crippen LogP contribution in [0.2, 0.25) is 0 Å². The minimum absolute atomic E-state index is 0.0341. The summed E-state index contributed by atoms with van der Waals surface area (Å²) in [5, 5.41) is 20.5. The molecule has 0 bridgehead atoms. The van der Waals surface area contributed by atoms with E-state index in [9.17, 15) is 10.2 Å². The first-order chi connectivity index (χ1) is 11.6. The third-order valence-corrected chi connectivity index (χ3v) is 4.68. The van der Waals surface area contributed by atoms with Gasteiger partial charge >= 0.3 is 0 Å². The number of fused-ring (bicyclic) bond motifs is 2. The van der Waals surface area contributed by atoms with E-state index in [0.29, 0.717) is 29.4 Å². The van der Waals surface area contributed by atoms with E-state index < -0.39 is 6.10 Å². The lowest BCUT2D eigenvalue weighted by atomic mass is 9.92. The number of phenolic OH excluding ortho intramolecular Hbond substituents is 1. The molecule has 1 aliphatic carbocycles. The van der Waals surface area contributed by atoms with E-state index in [4.69, 9.17) is 18.9 Å². The van der Waals surface area contributed by atoms with Crippen LogP contribution in [-0.4, -0.2) is 31.2 Å². The molecule has 24 heavy (non-hydrogen) atoms. The second-order valence-corrected chi connectivity index (χ2v) is 5.91. The van der Waals surface area contributed by atoms with Gasteiger partial charge in [-0.2, -0.15) is 0 Å². The molecule has 1 heterocycles. The average Bonchev–Trinajstić information content (AvgIpc) is 3.18. The van der Waals surface area contributed by atoms with Crippen LogP contribution < -0.4 is 18.9 Å². The number of aliphatic hydroxyl groups is 1. The summed E-state index contributed by atoms with van der Waals surface area (Å²) in [6.45, 7) is 0.194. The van der Waals surface area contributed by atoms with Gasteiger partial charge in [-0.25, -0.2) is 0 Å². The molecular formula is C18H18O6. The van der Waals surface area contributed by atoms with E-state index in [2.05, 4.69) is 0 Å². The predicted octanol–water partition coefficient (Wildman–Crippen LogP) is 2.71. The number of hydrogen-bond donors (Lipinski definition) is 2. The van der Waals surface area contributed by atoms with Gasteiger partial charge in [-0.05, 0) is 47.4 Å². The van der Waals surface area contributed by atoms with Gasteiger partial charge in [-0.15, -0.1) is 0 Å². The van der Waals surface area contributed by atoms with Crippen LogP contribution >= 0.6 is 0 Å². The highest BCUT2D eigenvalue weighted by Crippen LogP contribution is 2.51. The predicted molar refractivity (Wildman–Crippen MR) is 85.2 cm³/mol. The normalized spacial score (nSPS) is 20.8. The van der Waals surface area contributed by atoms with Crippen LogP contribution in [0, 0.1) is 0 Å². The largest absolute Gasteiger partial charge is 0.502 e.